The maximum atomic E-state index is 12.2. The zero-order valence-corrected chi connectivity index (χ0v) is 14.6. The lowest BCUT2D eigenvalue weighted by atomic mass is 10.2. The van der Waals surface area contributed by atoms with E-state index < -0.39 is 15.9 Å². The van der Waals surface area contributed by atoms with Crippen LogP contribution in [-0.2, 0) is 10.0 Å². The molecule has 0 aromatic heterocycles. The molecule has 0 heterocycles. The molecular formula is C16H16ClNO5S. The third-order valence-electron chi connectivity index (χ3n) is 3.08. The number of carbonyl (C=O) groups is 1. The third-order valence-corrected chi connectivity index (χ3v) is 4.68. The number of methoxy groups -OCH3 is 1. The van der Waals surface area contributed by atoms with Gasteiger partial charge < -0.3 is 9.47 Å². The van der Waals surface area contributed by atoms with Crippen LogP contribution in [0.1, 0.15) is 17.3 Å². The van der Waals surface area contributed by atoms with Crippen molar-refractivity contribution in [1.29, 1.82) is 0 Å². The second-order valence-corrected chi connectivity index (χ2v) is 6.81. The quantitative estimate of drug-likeness (QED) is 0.846. The predicted octanol–water partition coefficient (Wildman–Crippen LogP) is 2.87. The first-order valence-electron chi connectivity index (χ1n) is 7.01. The Bertz CT molecular complexity index is 834. The molecule has 0 spiro atoms. The summed E-state index contributed by atoms with van der Waals surface area (Å²) in [5.74, 6) is 0.0387. The number of hydrogen-bond acceptors (Lipinski definition) is 5. The van der Waals surface area contributed by atoms with Gasteiger partial charge >= 0.3 is 0 Å². The van der Waals surface area contributed by atoms with E-state index in [2.05, 4.69) is 0 Å². The number of carbonyl (C=O) groups excluding carboxylic acids is 1. The van der Waals surface area contributed by atoms with Gasteiger partial charge in [0.05, 0.1) is 18.6 Å². The molecule has 1 N–H and O–H groups in total. The number of amides is 1. The van der Waals surface area contributed by atoms with Crippen molar-refractivity contribution in [1.82, 2.24) is 4.72 Å². The van der Waals surface area contributed by atoms with Gasteiger partial charge in [0, 0.05) is 10.6 Å². The number of halogens is 1. The van der Waals surface area contributed by atoms with E-state index in [1.807, 2.05) is 11.6 Å². The zero-order chi connectivity index (χ0) is 17.7. The van der Waals surface area contributed by atoms with Crippen molar-refractivity contribution < 1.29 is 22.7 Å². The summed E-state index contributed by atoms with van der Waals surface area (Å²) in [6, 6.07) is 9.92. The highest BCUT2D eigenvalue weighted by Crippen LogP contribution is 2.28. The lowest BCUT2D eigenvalue weighted by Crippen LogP contribution is -2.30. The van der Waals surface area contributed by atoms with Crippen molar-refractivity contribution in [3.63, 3.8) is 0 Å². The molecule has 0 saturated heterocycles. The fourth-order valence-electron chi connectivity index (χ4n) is 1.94. The minimum absolute atomic E-state index is 0.0573. The maximum Gasteiger partial charge on any atom is 0.265 e. The van der Waals surface area contributed by atoms with Crippen LogP contribution >= 0.6 is 11.6 Å². The van der Waals surface area contributed by atoms with Gasteiger partial charge in [-0.15, -0.1) is 0 Å². The Hall–Kier alpha value is -2.25. The number of hydrogen-bond donors (Lipinski definition) is 1. The van der Waals surface area contributed by atoms with Crippen LogP contribution in [0.4, 0.5) is 0 Å². The summed E-state index contributed by atoms with van der Waals surface area (Å²) in [7, 11) is -2.56. The minimum Gasteiger partial charge on any atom is -0.493 e. The Balaban J connectivity index is 2.24. The van der Waals surface area contributed by atoms with Crippen LogP contribution in [0.25, 0.3) is 0 Å². The summed E-state index contributed by atoms with van der Waals surface area (Å²) in [6.07, 6.45) is 0. The molecule has 6 nitrogen and oxygen atoms in total. The van der Waals surface area contributed by atoms with Crippen LogP contribution in [0, 0.1) is 0 Å². The van der Waals surface area contributed by atoms with E-state index in [4.69, 9.17) is 21.1 Å². The molecule has 0 unspecified atom stereocenters. The van der Waals surface area contributed by atoms with Crippen LogP contribution in [0.15, 0.2) is 47.4 Å². The topological polar surface area (TPSA) is 81.7 Å². The van der Waals surface area contributed by atoms with Crippen LogP contribution in [0.3, 0.4) is 0 Å². The van der Waals surface area contributed by atoms with Gasteiger partial charge in [0.1, 0.15) is 0 Å². The fraction of sp³-hybridized carbons (Fsp3) is 0.188. The smallest absolute Gasteiger partial charge is 0.265 e. The van der Waals surface area contributed by atoms with Gasteiger partial charge in [0.25, 0.3) is 15.9 Å². The molecule has 0 saturated carbocycles. The summed E-state index contributed by atoms with van der Waals surface area (Å²) >= 11 is 5.73. The first-order valence-corrected chi connectivity index (χ1v) is 8.87. The van der Waals surface area contributed by atoms with E-state index >= 15 is 0 Å². The van der Waals surface area contributed by atoms with Crippen molar-refractivity contribution in [3.8, 4) is 11.5 Å². The molecule has 2 aromatic carbocycles. The van der Waals surface area contributed by atoms with Gasteiger partial charge in [-0.1, -0.05) is 11.6 Å². The van der Waals surface area contributed by atoms with Crippen LogP contribution in [0.5, 0.6) is 11.5 Å². The van der Waals surface area contributed by atoms with E-state index in [0.717, 1.165) is 0 Å². The Morgan fingerprint density at radius 2 is 1.79 bits per heavy atom. The van der Waals surface area contributed by atoms with Gasteiger partial charge in [-0.3, -0.25) is 4.79 Å². The monoisotopic (exact) mass is 369 g/mol. The first-order chi connectivity index (χ1) is 11.4. The highest BCUT2D eigenvalue weighted by molar-refractivity contribution is 7.90. The summed E-state index contributed by atoms with van der Waals surface area (Å²) in [4.78, 5) is 12.2. The largest absolute Gasteiger partial charge is 0.493 e. The van der Waals surface area contributed by atoms with Crippen molar-refractivity contribution >= 4 is 27.5 Å². The van der Waals surface area contributed by atoms with Gasteiger partial charge in [0.15, 0.2) is 11.5 Å². The zero-order valence-electron chi connectivity index (χ0n) is 13.1. The molecule has 0 bridgehead atoms. The molecule has 0 aliphatic carbocycles. The summed E-state index contributed by atoms with van der Waals surface area (Å²) in [5.41, 5.74) is 0.132. The third kappa shape index (κ3) is 4.18. The molecule has 24 heavy (non-hydrogen) atoms. The Kier molecular flexibility index (Phi) is 5.69. The first kappa shape index (κ1) is 18.1. The average molecular weight is 370 g/mol. The van der Waals surface area contributed by atoms with Gasteiger partial charge in [-0.2, -0.15) is 0 Å². The summed E-state index contributed by atoms with van der Waals surface area (Å²) in [5, 5.41) is 0.400. The Morgan fingerprint density at radius 3 is 2.38 bits per heavy atom. The summed E-state index contributed by atoms with van der Waals surface area (Å²) in [6.45, 7) is 2.26. The second kappa shape index (κ2) is 7.55. The van der Waals surface area contributed by atoms with Crippen molar-refractivity contribution in [2.75, 3.05) is 13.7 Å². The molecule has 0 aliphatic heterocycles. The molecule has 0 atom stereocenters. The molecule has 2 aromatic rings. The predicted molar refractivity (Wildman–Crippen MR) is 90.3 cm³/mol. The Labute approximate surface area is 145 Å². The van der Waals surface area contributed by atoms with Crippen molar-refractivity contribution in [2.24, 2.45) is 0 Å². The molecule has 1 amide bonds. The van der Waals surface area contributed by atoms with Crippen molar-refractivity contribution in [2.45, 2.75) is 11.8 Å². The number of sulfonamides is 1. The summed E-state index contributed by atoms with van der Waals surface area (Å²) < 4.78 is 36.9. The van der Waals surface area contributed by atoms with Gasteiger partial charge in [0.2, 0.25) is 0 Å². The molecule has 0 fully saturated rings. The van der Waals surface area contributed by atoms with E-state index in [-0.39, 0.29) is 10.5 Å². The molecule has 0 radical (unpaired) electrons. The molecular weight excluding hydrogens is 354 g/mol. The SMILES string of the molecule is CCOc1ccc(C(=O)NS(=O)(=O)c2ccc(Cl)cc2)cc1OC. The fourth-order valence-corrected chi connectivity index (χ4v) is 3.04. The van der Waals surface area contributed by atoms with E-state index in [1.165, 1.54) is 43.5 Å². The standard InChI is InChI=1S/C16H16ClNO5S/c1-3-23-14-9-4-11(10-15(14)22-2)16(19)18-24(20,21)13-7-5-12(17)6-8-13/h4-10H,3H2,1-2H3,(H,18,19). The van der Waals surface area contributed by atoms with Crippen LogP contribution in [-0.4, -0.2) is 28.0 Å². The second-order valence-electron chi connectivity index (χ2n) is 4.69. The Morgan fingerprint density at radius 1 is 1.12 bits per heavy atom. The maximum absolute atomic E-state index is 12.2. The van der Waals surface area contributed by atoms with E-state index in [1.54, 1.807) is 6.07 Å². The normalized spacial score (nSPS) is 11.0. The highest BCUT2D eigenvalue weighted by Gasteiger charge is 2.19. The van der Waals surface area contributed by atoms with E-state index in [0.29, 0.717) is 23.1 Å². The highest BCUT2D eigenvalue weighted by atomic mass is 35.5. The lowest BCUT2D eigenvalue weighted by molar-refractivity contribution is 0.0981. The lowest BCUT2D eigenvalue weighted by Gasteiger charge is -2.11. The van der Waals surface area contributed by atoms with Gasteiger partial charge in [-0.25, -0.2) is 13.1 Å². The number of ether oxygens (including phenoxy) is 2. The molecule has 128 valence electrons. The average Bonchev–Trinajstić information content (AvgIpc) is 2.55. The van der Waals surface area contributed by atoms with Crippen molar-refractivity contribution in [3.05, 3.63) is 53.1 Å². The molecule has 8 heteroatoms. The van der Waals surface area contributed by atoms with Gasteiger partial charge in [-0.05, 0) is 49.4 Å². The van der Waals surface area contributed by atoms with E-state index in [9.17, 15) is 13.2 Å². The van der Waals surface area contributed by atoms with Crippen LogP contribution in [0.2, 0.25) is 5.02 Å². The number of nitrogens with one attached hydrogen (secondary N) is 1. The minimum atomic E-state index is -3.99. The molecule has 2 rings (SSSR count). The number of benzene rings is 2. The van der Waals surface area contributed by atoms with Crippen LogP contribution < -0.4 is 14.2 Å². The number of rotatable bonds is 6. The molecule has 0 aliphatic rings.